The zero-order valence-corrected chi connectivity index (χ0v) is 22.4. The van der Waals surface area contributed by atoms with Gasteiger partial charge >= 0.3 is 6.03 Å². The number of benzene rings is 2. The molecule has 10 heteroatoms. The zero-order chi connectivity index (χ0) is 26.3. The molecule has 1 saturated heterocycles. The Morgan fingerprint density at radius 2 is 1.78 bits per heavy atom. The minimum absolute atomic E-state index is 0.0318. The van der Waals surface area contributed by atoms with Gasteiger partial charge in [0.15, 0.2) is 9.84 Å². The topological polar surface area (TPSA) is 99.9 Å². The van der Waals surface area contributed by atoms with Crippen molar-refractivity contribution in [1.29, 1.82) is 0 Å². The molecule has 0 bridgehead atoms. The first-order chi connectivity index (χ1) is 17.6. The van der Waals surface area contributed by atoms with E-state index in [9.17, 15) is 13.2 Å². The van der Waals surface area contributed by atoms with Crippen molar-refractivity contribution in [2.24, 2.45) is 5.10 Å². The van der Waals surface area contributed by atoms with Gasteiger partial charge in [0.2, 0.25) is 0 Å². The maximum Gasteiger partial charge on any atom is 0.337 e. The van der Waals surface area contributed by atoms with Crippen LogP contribution >= 0.6 is 0 Å². The lowest BCUT2D eigenvalue weighted by atomic mass is 9.94. The number of sulfone groups is 1. The number of fused-ring (bicyclic) bond motifs is 1. The van der Waals surface area contributed by atoms with Crippen LogP contribution in [0.5, 0.6) is 0 Å². The van der Waals surface area contributed by atoms with Crippen molar-refractivity contribution in [2.45, 2.75) is 39.7 Å². The number of nitrogens with one attached hydrogen (secondary N) is 1. The summed E-state index contributed by atoms with van der Waals surface area (Å²) >= 11 is 0. The standard InChI is InChI=1S/C27H32N6O3S/c1-18-14-19(2)32(29-18)24-11-8-22-15-20(3)33(27(34)28-4)30-26(25(22)16-24)21-6-9-23(10-7-21)31-12-5-13-37(35,36)17-31/h6-11,14,16,20H,5,12-13,15,17H2,1-4H3,(H,28,34). The highest BCUT2D eigenvalue weighted by atomic mass is 32.2. The molecular weight excluding hydrogens is 488 g/mol. The van der Waals surface area contributed by atoms with Gasteiger partial charge in [-0.25, -0.2) is 22.9 Å². The van der Waals surface area contributed by atoms with Gasteiger partial charge in [0.25, 0.3) is 0 Å². The molecule has 194 valence electrons. The number of hydrazone groups is 1. The van der Waals surface area contributed by atoms with Crippen LogP contribution < -0.4 is 10.2 Å². The van der Waals surface area contributed by atoms with E-state index in [4.69, 9.17) is 5.10 Å². The van der Waals surface area contributed by atoms with Gasteiger partial charge in [0.1, 0.15) is 5.88 Å². The second kappa shape index (κ2) is 9.66. The van der Waals surface area contributed by atoms with Gasteiger partial charge in [-0.05, 0) is 69.5 Å². The monoisotopic (exact) mass is 520 g/mol. The summed E-state index contributed by atoms with van der Waals surface area (Å²) in [6.45, 7) is 6.68. The lowest BCUT2D eigenvalue weighted by Crippen LogP contribution is -2.41. The van der Waals surface area contributed by atoms with E-state index in [1.165, 1.54) is 5.01 Å². The van der Waals surface area contributed by atoms with E-state index in [1.54, 1.807) is 7.05 Å². The highest BCUT2D eigenvalue weighted by molar-refractivity contribution is 7.91. The fourth-order valence-electron chi connectivity index (χ4n) is 5.10. The summed E-state index contributed by atoms with van der Waals surface area (Å²) < 4.78 is 26.2. The zero-order valence-electron chi connectivity index (χ0n) is 21.6. The summed E-state index contributed by atoms with van der Waals surface area (Å²) in [5.74, 6) is 0.268. The van der Waals surface area contributed by atoms with Crippen molar-refractivity contribution in [1.82, 2.24) is 20.1 Å². The van der Waals surface area contributed by atoms with Crippen molar-refractivity contribution in [3.63, 3.8) is 0 Å². The molecule has 3 aromatic rings. The summed E-state index contributed by atoms with van der Waals surface area (Å²) in [4.78, 5) is 14.6. The number of hydrogen-bond donors (Lipinski definition) is 1. The fourth-order valence-corrected chi connectivity index (χ4v) is 6.55. The van der Waals surface area contributed by atoms with Gasteiger partial charge < -0.3 is 10.2 Å². The molecular formula is C27H32N6O3S. The summed E-state index contributed by atoms with van der Waals surface area (Å²) in [6.07, 6.45) is 1.27. The smallest absolute Gasteiger partial charge is 0.337 e. The average Bonchev–Trinajstić information content (AvgIpc) is 3.13. The maximum absolute atomic E-state index is 12.7. The first-order valence-corrected chi connectivity index (χ1v) is 14.3. The predicted octanol–water partition coefficient (Wildman–Crippen LogP) is 3.41. The van der Waals surface area contributed by atoms with E-state index >= 15 is 0 Å². The van der Waals surface area contributed by atoms with E-state index in [1.807, 2.05) is 60.7 Å². The molecule has 1 fully saturated rings. The quantitative estimate of drug-likeness (QED) is 0.571. The van der Waals surface area contributed by atoms with Crippen LogP contribution in [0.4, 0.5) is 10.5 Å². The summed E-state index contributed by atoms with van der Waals surface area (Å²) in [5.41, 5.74) is 7.32. The SMILES string of the molecule is CNC(=O)N1N=C(c2ccc(N3CCCS(=O)(=O)C3)cc2)c2cc(-n3nc(C)cc3C)ccc2CC1C. The number of nitrogens with zero attached hydrogens (tertiary/aromatic N) is 5. The molecule has 2 aliphatic rings. The van der Waals surface area contributed by atoms with Gasteiger partial charge in [0, 0.05) is 36.1 Å². The number of carbonyl (C=O) groups excluding carboxylic acids is 1. The fraction of sp³-hybridized carbons (Fsp3) is 0.370. The van der Waals surface area contributed by atoms with Crippen LogP contribution in [0, 0.1) is 13.8 Å². The van der Waals surface area contributed by atoms with Crippen LogP contribution in [0.2, 0.25) is 0 Å². The summed E-state index contributed by atoms with van der Waals surface area (Å²) in [6, 6.07) is 15.6. The number of hydrogen-bond acceptors (Lipinski definition) is 6. The molecule has 5 rings (SSSR count). The number of aromatic nitrogens is 2. The number of amides is 2. The predicted molar refractivity (Wildman–Crippen MR) is 145 cm³/mol. The van der Waals surface area contributed by atoms with E-state index in [-0.39, 0.29) is 23.7 Å². The van der Waals surface area contributed by atoms with Gasteiger partial charge in [-0.3, -0.25) is 0 Å². The molecule has 2 amide bonds. The van der Waals surface area contributed by atoms with Crippen LogP contribution in [0.15, 0.2) is 53.6 Å². The number of urea groups is 1. The minimum Gasteiger partial charge on any atom is -0.357 e. The van der Waals surface area contributed by atoms with Crippen molar-refractivity contribution >= 4 is 27.3 Å². The Bertz CT molecular complexity index is 1480. The first kappa shape index (κ1) is 25.0. The van der Waals surface area contributed by atoms with E-state index in [2.05, 4.69) is 28.6 Å². The van der Waals surface area contributed by atoms with Crippen molar-refractivity contribution in [2.75, 3.05) is 30.1 Å². The second-order valence-electron chi connectivity index (χ2n) is 9.82. The van der Waals surface area contributed by atoms with Crippen LogP contribution in [0.1, 0.15) is 41.4 Å². The lowest BCUT2D eigenvalue weighted by Gasteiger charge is -2.28. The Morgan fingerprint density at radius 3 is 2.43 bits per heavy atom. The second-order valence-corrected chi connectivity index (χ2v) is 12.0. The van der Waals surface area contributed by atoms with Crippen LogP contribution in [-0.4, -0.2) is 66.2 Å². The number of anilines is 1. The van der Waals surface area contributed by atoms with E-state index in [0.717, 1.165) is 39.5 Å². The molecule has 1 N–H and O–H groups in total. The molecule has 1 aromatic heterocycles. The van der Waals surface area contributed by atoms with Gasteiger partial charge in [-0.1, -0.05) is 18.2 Å². The lowest BCUT2D eigenvalue weighted by molar-refractivity contribution is 0.184. The van der Waals surface area contributed by atoms with Crippen LogP contribution in [0.3, 0.4) is 0 Å². The summed E-state index contributed by atoms with van der Waals surface area (Å²) in [7, 11) is -1.47. The third-order valence-electron chi connectivity index (χ3n) is 6.91. The Morgan fingerprint density at radius 1 is 1.05 bits per heavy atom. The van der Waals surface area contributed by atoms with Crippen LogP contribution in [-0.2, 0) is 16.3 Å². The highest BCUT2D eigenvalue weighted by Crippen LogP contribution is 2.28. The van der Waals surface area contributed by atoms with E-state index in [0.29, 0.717) is 25.1 Å². The maximum atomic E-state index is 12.7. The normalized spacial score (nSPS) is 19.1. The number of rotatable bonds is 3. The molecule has 9 nitrogen and oxygen atoms in total. The first-order valence-electron chi connectivity index (χ1n) is 12.5. The Kier molecular flexibility index (Phi) is 6.53. The Hall–Kier alpha value is -3.66. The number of aryl methyl sites for hydroxylation is 2. The Labute approximate surface area is 217 Å². The molecule has 1 unspecified atom stereocenters. The largest absolute Gasteiger partial charge is 0.357 e. The third-order valence-corrected chi connectivity index (χ3v) is 8.52. The van der Waals surface area contributed by atoms with E-state index < -0.39 is 9.84 Å². The van der Waals surface area contributed by atoms with Gasteiger partial charge in [0.05, 0.1) is 28.9 Å². The van der Waals surface area contributed by atoms with Crippen molar-refractivity contribution in [3.05, 3.63) is 76.6 Å². The van der Waals surface area contributed by atoms with Gasteiger partial charge in [-0.15, -0.1) is 0 Å². The van der Waals surface area contributed by atoms with Gasteiger partial charge in [-0.2, -0.15) is 10.2 Å². The molecule has 3 heterocycles. The highest BCUT2D eigenvalue weighted by Gasteiger charge is 2.28. The molecule has 1 atom stereocenters. The molecule has 0 spiro atoms. The van der Waals surface area contributed by atoms with Crippen molar-refractivity contribution < 1.29 is 13.2 Å². The summed E-state index contributed by atoms with van der Waals surface area (Å²) in [5, 5.41) is 13.7. The molecule has 0 saturated carbocycles. The Balaban J connectivity index is 1.60. The average molecular weight is 521 g/mol. The number of carbonyl (C=O) groups is 1. The molecule has 0 radical (unpaired) electrons. The van der Waals surface area contributed by atoms with Crippen LogP contribution in [0.25, 0.3) is 5.69 Å². The molecule has 2 aromatic carbocycles. The molecule has 37 heavy (non-hydrogen) atoms. The molecule has 2 aliphatic heterocycles. The van der Waals surface area contributed by atoms with Crippen molar-refractivity contribution in [3.8, 4) is 5.69 Å². The third kappa shape index (κ3) is 4.98. The molecule has 0 aliphatic carbocycles. The minimum atomic E-state index is -3.07.